The van der Waals surface area contributed by atoms with Crippen LogP contribution in [0.15, 0.2) is 0 Å². The Kier molecular flexibility index (Phi) is 51.5. The first kappa shape index (κ1) is 15.8. The van der Waals surface area contributed by atoms with Crippen molar-refractivity contribution in [2.75, 3.05) is 0 Å². The van der Waals surface area contributed by atoms with Crippen molar-refractivity contribution in [1.29, 1.82) is 0 Å². The van der Waals surface area contributed by atoms with Gasteiger partial charge in [-0.3, -0.25) is 0 Å². The average Bonchev–Trinajstić information content (AvgIpc) is 1.75. The van der Waals surface area contributed by atoms with Gasteiger partial charge in [0, 0.05) is 0 Å². The molecular formula is CH6N2O3Zn2. The molecule has 0 heterocycles. The van der Waals surface area contributed by atoms with E-state index < -0.39 is 6.16 Å². The minimum atomic E-state index is -1.83. The molecule has 0 unspecified atom stereocenters. The third-order valence-corrected chi connectivity index (χ3v) is 0. The summed E-state index contributed by atoms with van der Waals surface area (Å²) in [5.74, 6) is 0. The maximum atomic E-state index is 8.56. The summed E-state index contributed by atoms with van der Waals surface area (Å²) in [5, 5.41) is 13.9. The zero-order valence-corrected chi connectivity index (χ0v) is 10.3. The van der Waals surface area contributed by atoms with Crippen LogP contribution in [-0.4, -0.2) is 16.4 Å². The van der Waals surface area contributed by atoms with Gasteiger partial charge < -0.3 is 10.2 Å². The molecule has 0 atom stereocenters. The van der Waals surface area contributed by atoms with Gasteiger partial charge in [-0.15, -0.1) is 0 Å². The molecule has 0 radical (unpaired) electrons. The van der Waals surface area contributed by atoms with Crippen LogP contribution in [0.25, 0.3) is 0 Å². The molecule has 0 saturated heterocycles. The molecule has 0 aliphatic carbocycles. The Morgan fingerprint density at radius 3 is 1.12 bits per heavy atom. The van der Waals surface area contributed by atoms with Crippen LogP contribution in [0.2, 0.25) is 0 Å². The predicted molar refractivity (Wildman–Crippen MR) is 19.0 cm³/mol. The van der Waals surface area contributed by atoms with Gasteiger partial charge >= 0.3 is 52.2 Å². The fraction of sp³-hybridized carbons (Fsp3) is 0. The molecule has 0 fully saturated rings. The van der Waals surface area contributed by atoms with Crippen LogP contribution in [0.4, 0.5) is 4.79 Å². The summed E-state index contributed by atoms with van der Waals surface area (Å²) in [6, 6.07) is 0. The summed E-state index contributed by atoms with van der Waals surface area (Å²) in [7, 11) is 0. The molecule has 5 nitrogen and oxygen atoms in total. The molecule has 0 aliphatic heterocycles. The number of hydrogen-bond acceptors (Lipinski definition) is 3. The van der Waals surface area contributed by atoms with Gasteiger partial charge in [-0.05, 0) is 0 Å². The van der Waals surface area contributed by atoms with Gasteiger partial charge in [0.15, 0.2) is 0 Å². The van der Waals surface area contributed by atoms with Gasteiger partial charge in [0.05, 0.1) is 0 Å². The Balaban J connectivity index is -0.0000000542. The Hall–Kier alpha value is 0.437. The van der Waals surface area contributed by atoms with Gasteiger partial charge in [-0.1, -0.05) is 0 Å². The van der Waals surface area contributed by atoms with Crippen molar-refractivity contribution in [3.63, 3.8) is 0 Å². The molecule has 0 aromatic rings. The third-order valence-electron chi connectivity index (χ3n) is 0. The van der Waals surface area contributed by atoms with E-state index in [4.69, 9.17) is 15.0 Å². The number of nitrogens with two attached hydrogens (primary N) is 2. The fourth-order valence-electron chi connectivity index (χ4n) is 0. The second kappa shape index (κ2) is 26.1. The van der Waals surface area contributed by atoms with E-state index in [1.807, 2.05) is 0 Å². The predicted octanol–water partition coefficient (Wildman–Crippen LogP) is -0.964. The summed E-state index contributed by atoms with van der Waals surface area (Å²) in [6.45, 7) is 0. The Morgan fingerprint density at radius 2 is 1.12 bits per heavy atom. The van der Waals surface area contributed by atoms with Crippen molar-refractivity contribution in [2.45, 2.75) is 0 Å². The van der Waals surface area contributed by atoms with Crippen LogP contribution >= 0.6 is 0 Å². The summed E-state index contributed by atoms with van der Waals surface area (Å²) in [6.07, 6.45) is -1.83. The molecule has 0 aliphatic rings. The van der Waals surface area contributed by atoms with E-state index in [2.05, 4.69) is 8.95 Å². The first-order chi connectivity index (χ1) is 3.73. The van der Waals surface area contributed by atoms with E-state index in [-0.39, 0.29) is 0 Å². The van der Waals surface area contributed by atoms with Crippen LogP contribution in [0.1, 0.15) is 0 Å². The number of carboxylic acid groups (broad SMARTS) is 2. The molecular weight excluding hydrogens is 219 g/mol. The molecule has 6 N–H and O–H groups in total. The van der Waals surface area contributed by atoms with E-state index in [1.165, 1.54) is 0 Å². The molecule has 8 heavy (non-hydrogen) atoms. The Bertz CT molecular complexity index is 38.3. The zero-order valence-electron chi connectivity index (χ0n) is 4.37. The summed E-state index contributed by atoms with van der Waals surface area (Å²) >= 11 is 1.75. The van der Waals surface area contributed by atoms with Crippen LogP contribution in [0.5, 0.6) is 0 Å². The Labute approximate surface area is 67.3 Å². The van der Waals surface area contributed by atoms with E-state index in [0.717, 1.165) is 37.1 Å². The molecule has 0 bridgehead atoms. The molecule has 42 valence electrons. The molecule has 0 aromatic heterocycles. The number of hydrogen-bond donors (Lipinski definition) is 4. The number of rotatable bonds is 0. The summed E-state index contributed by atoms with van der Waals surface area (Å²) in [5.41, 5.74) is 0. The topological polar surface area (TPSA) is 110 Å². The normalized spacial score (nSPS) is 4.75. The second-order valence-electron chi connectivity index (χ2n) is 0.283. The van der Waals surface area contributed by atoms with Crippen LogP contribution in [0.3, 0.4) is 0 Å². The van der Waals surface area contributed by atoms with Crippen LogP contribution in [0, 0.1) is 0 Å². The van der Waals surface area contributed by atoms with Crippen LogP contribution in [-0.2, 0) is 37.1 Å². The van der Waals surface area contributed by atoms with Gasteiger partial charge in [0.2, 0.25) is 0 Å². The van der Waals surface area contributed by atoms with Crippen molar-refractivity contribution in [1.82, 2.24) is 0 Å². The second-order valence-corrected chi connectivity index (χ2v) is 0.283. The van der Waals surface area contributed by atoms with E-state index >= 15 is 0 Å². The molecule has 0 rings (SSSR count). The van der Waals surface area contributed by atoms with Crippen molar-refractivity contribution in [3.05, 3.63) is 0 Å². The fourth-order valence-corrected chi connectivity index (χ4v) is 0. The summed E-state index contributed by atoms with van der Waals surface area (Å²) in [4.78, 5) is 8.56. The molecule has 0 spiro atoms. The van der Waals surface area contributed by atoms with Gasteiger partial charge in [-0.25, -0.2) is 4.79 Å². The number of carbonyl (C=O) groups is 1. The molecule has 0 aromatic carbocycles. The first-order valence-electron chi connectivity index (χ1n) is 1.47. The minimum absolute atomic E-state index is 0.875. The van der Waals surface area contributed by atoms with E-state index in [1.54, 1.807) is 0 Å². The van der Waals surface area contributed by atoms with Gasteiger partial charge in [0.25, 0.3) is 0 Å². The zero-order chi connectivity index (χ0) is 7.58. The van der Waals surface area contributed by atoms with E-state index in [9.17, 15) is 0 Å². The standard InChI is InChI=1S/CH2O3.2H2N.2Zn/c2-1(3)4;;;;/h(H2,2,3,4);2*1H2;;/q;2*-1;2*+1. The summed E-state index contributed by atoms with van der Waals surface area (Å²) < 4.78 is 9.25. The maximum absolute atomic E-state index is 8.56. The van der Waals surface area contributed by atoms with Crippen molar-refractivity contribution >= 4 is 6.16 Å². The van der Waals surface area contributed by atoms with E-state index in [0.29, 0.717) is 0 Å². The van der Waals surface area contributed by atoms with Crippen molar-refractivity contribution in [2.24, 2.45) is 8.95 Å². The SMILES string of the molecule is O=C(O)O.[NH2][Zn].[NH2][Zn]. The molecule has 0 saturated carbocycles. The Morgan fingerprint density at radius 1 is 1.12 bits per heavy atom. The first-order valence-corrected chi connectivity index (χ1v) is 4.89. The van der Waals surface area contributed by atoms with Crippen molar-refractivity contribution < 1.29 is 52.1 Å². The third kappa shape index (κ3) is 997. The molecule has 0 amide bonds. The van der Waals surface area contributed by atoms with Gasteiger partial charge in [-0.2, -0.15) is 0 Å². The molecule has 7 heteroatoms. The monoisotopic (exact) mass is 222 g/mol. The van der Waals surface area contributed by atoms with Gasteiger partial charge in [0.1, 0.15) is 0 Å². The average molecular weight is 225 g/mol. The quantitative estimate of drug-likeness (QED) is 0.396. The van der Waals surface area contributed by atoms with Crippen LogP contribution < -0.4 is 8.95 Å². The van der Waals surface area contributed by atoms with Crippen molar-refractivity contribution in [3.8, 4) is 0 Å².